The molecule has 1 aromatic carbocycles. The fraction of sp³-hybridized carbons (Fsp3) is 0.600. The summed E-state index contributed by atoms with van der Waals surface area (Å²) in [5.41, 5.74) is 6.07. The Labute approximate surface area is 198 Å². The zero-order valence-corrected chi connectivity index (χ0v) is 19.6. The van der Waals surface area contributed by atoms with Gasteiger partial charge >= 0.3 is 19.1 Å². The molecule has 0 spiro atoms. The van der Waals surface area contributed by atoms with Gasteiger partial charge in [0.05, 0.1) is 16.0 Å². The Morgan fingerprint density at radius 1 is 1.28 bits per heavy atom. The molecule has 1 heterocycles. The number of amides is 2. The Bertz CT molecular complexity index is 799. The van der Waals surface area contributed by atoms with Crippen LogP contribution >= 0.6 is 23.2 Å². The van der Waals surface area contributed by atoms with Crippen molar-refractivity contribution in [2.24, 2.45) is 5.73 Å². The first-order chi connectivity index (χ1) is 15.0. The highest BCUT2D eigenvalue weighted by atomic mass is 35.5. The molecule has 0 bridgehead atoms. The van der Waals surface area contributed by atoms with Gasteiger partial charge in [0.15, 0.2) is 0 Å². The molecule has 7 N–H and O–H groups in total. The summed E-state index contributed by atoms with van der Waals surface area (Å²) in [6.45, 7) is 2.74. The molecule has 2 amide bonds. The summed E-state index contributed by atoms with van der Waals surface area (Å²) >= 11 is 11.8. The van der Waals surface area contributed by atoms with Gasteiger partial charge in [-0.05, 0) is 44.4 Å². The van der Waals surface area contributed by atoms with Crippen LogP contribution in [-0.4, -0.2) is 69.8 Å². The molecule has 0 aliphatic carbocycles. The Kier molecular flexibility index (Phi) is 10.1. The summed E-state index contributed by atoms with van der Waals surface area (Å²) in [5, 5.41) is 35.1. The first-order valence-corrected chi connectivity index (χ1v) is 11.4. The fourth-order valence-corrected chi connectivity index (χ4v) is 4.44. The number of nitrogens with one attached hydrogen (secondary N) is 2. The third-order valence-electron chi connectivity index (χ3n) is 5.69. The lowest BCUT2D eigenvalue weighted by molar-refractivity contribution is -0.137. The third kappa shape index (κ3) is 8.10. The normalized spacial score (nSPS) is 19.2. The molecule has 32 heavy (non-hydrogen) atoms. The maximum Gasteiger partial charge on any atom is 0.471 e. The van der Waals surface area contributed by atoms with Crippen molar-refractivity contribution in [3.8, 4) is 0 Å². The molecule has 0 saturated carbocycles. The molecular weight excluding hydrogens is 458 g/mol. The molecule has 3 unspecified atom stereocenters. The Balaban J connectivity index is 1.88. The number of aliphatic carboxylic acids is 1. The molecule has 12 heteroatoms. The molecule has 3 atom stereocenters. The van der Waals surface area contributed by atoms with Crippen LogP contribution < -0.4 is 16.4 Å². The Morgan fingerprint density at radius 3 is 2.62 bits per heavy atom. The number of nitrogens with zero attached hydrogens (tertiary/aromatic N) is 1. The van der Waals surface area contributed by atoms with E-state index in [9.17, 15) is 19.6 Å². The number of unbranched alkanes of at least 4 members (excludes halogenated alkanes) is 2. The van der Waals surface area contributed by atoms with Crippen molar-refractivity contribution in [2.45, 2.75) is 63.0 Å². The lowest BCUT2D eigenvalue weighted by atomic mass is 9.66. The smallest absolute Gasteiger partial charge is 0.471 e. The van der Waals surface area contributed by atoms with Crippen LogP contribution in [0.15, 0.2) is 18.2 Å². The lowest BCUT2D eigenvalue weighted by Crippen LogP contribution is -2.63. The van der Waals surface area contributed by atoms with Gasteiger partial charge in [-0.25, -0.2) is 4.79 Å². The van der Waals surface area contributed by atoms with Gasteiger partial charge in [-0.2, -0.15) is 0 Å². The molecule has 0 radical (unpaired) electrons. The maximum atomic E-state index is 12.3. The number of carboxylic acids is 1. The van der Waals surface area contributed by atoms with E-state index >= 15 is 0 Å². The van der Waals surface area contributed by atoms with Gasteiger partial charge in [0.25, 0.3) is 0 Å². The summed E-state index contributed by atoms with van der Waals surface area (Å²) in [7, 11) is -1.65. The maximum absolute atomic E-state index is 12.3. The van der Waals surface area contributed by atoms with Gasteiger partial charge in [0.2, 0.25) is 0 Å². The highest BCUT2D eigenvalue weighted by Crippen LogP contribution is 2.26. The van der Waals surface area contributed by atoms with E-state index < -0.39 is 30.6 Å². The van der Waals surface area contributed by atoms with Crippen molar-refractivity contribution in [1.29, 1.82) is 0 Å². The van der Waals surface area contributed by atoms with Gasteiger partial charge in [0.1, 0.15) is 0 Å². The number of carbonyl (C=O) groups is 2. The van der Waals surface area contributed by atoms with Crippen LogP contribution in [0.4, 0.5) is 10.5 Å². The highest BCUT2D eigenvalue weighted by molar-refractivity contribution is 6.43. The van der Waals surface area contributed by atoms with Crippen molar-refractivity contribution in [3.63, 3.8) is 0 Å². The fourth-order valence-electron chi connectivity index (χ4n) is 4.14. The number of anilines is 1. The van der Waals surface area contributed by atoms with Crippen LogP contribution in [0.25, 0.3) is 0 Å². The molecule has 2 rings (SSSR count). The van der Waals surface area contributed by atoms with Crippen LogP contribution in [-0.2, 0) is 4.79 Å². The summed E-state index contributed by atoms with van der Waals surface area (Å²) in [4.78, 5) is 24.8. The molecule has 0 aromatic heterocycles. The number of urea groups is 1. The standard InChI is InChI=1S/C20H31BCl2N4O5/c1-20(24,9-4-2-3-5-17(28)29)18(21(31)32)27-10-8-14(12-27)26-19(30)25-13-6-7-15(22)16(23)11-13/h6-7,11,14,18,31-32H,2-5,8-10,12,24H2,1H3,(H,28,29)(H2,25,26,30). The van der Waals surface area contributed by atoms with Crippen LogP contribution in [0, 0.1) is 0 Å². The summed E-state index contributed by atoms with van der Waals surface area (Å²) in [6, 6.07) is 4.20. The number of halogens is 2. The van der Waals surface area contributed by atoms with Crippen LogP contribution in [0.1, 0.15) is 45.4 Å². The number of likely N-dealkylation sites (tertiary alicyclic amines) is 1. The molecule has 1 aliphatic rings. The second kappa shape index (κ2) is 12.1. The molecule has 178 valence electrons. The van der Waals surface area contributed by atoms with E-state index in [-0.39, 0.29) is 12.5 Å². The van der Waals surface area contributed by atoms with E-state index in [1.165, 1.54) is 0 Å². The molecule has 1 saturated heterocycles. The van der Waals surface area contributed by atoms with Gasteiger partial charge < -0.3 is 31.5 Å². The zero-order valence-electron chi connectivity index (χ0n) is 18.1. The summed E-state index contributed by atoms with van der Waals surface area (Å²) in [6.07, 6.45) is 3.20. The van der Waals surface area contributed by atoms with Crippen molar-refractivity contribution in [3.05, 3.63) is 28.2 Å². The van der Waals surface area contributed by atoms with E-state index in [2.05, 4.69) is 10.6 Å². The molecule has 1 aromatic rings. The Hall–Kier alpha value is -1.56. The van der Waals surface area contributed by atoms with Crippen molar-refractivity contribution in [2.75, 3.05) is 18.4 Å². The monoisotopic (exact) mass is 488 g/mol. The predicted octanol–water partition coefficient (Wildman–Crippen LogP) is 2.32. The SMILES string of the molecule is CC(N)(CCCCCC(=O)O)C(B(O)O)N1CCC(NC(=O)Nc2ccc(Cl)c(Cl)c2)C1. The summed E-state index contributed by atoms with van der Waals surface area (Å²) < 4.78 is 0. The molecular formula is C20H31BCl2N4O5. The molecule has 1 fully saturated rings. The number of hydrogen-bond donors (Lipinski definition) is 6. The number of rotatable bonds is 11. The van der Waals surface area contributed by atoms with Gasteiger partial charge in [0, 0.05) is 36.8 Å². The van der Waals surface area contributed by atoms with Crippen LogP contribution in [0.5, 0.6) is 0 Å². The van der Waals surface area contributed by atoms with Gasteiger partial charge in [-0.15, -0.1) is 0 Å². The first kappa shape index (κ1) is 26.7. The average Bonchev–Trinajstić information content (AvgIpc) is 3.10. The minimum atomic E-state index is -1.65. The van der Waals surface area contributed by atoms with Crippen LogP contribution in [0.2, 0.25) is 10.0 Å². The van der Waals surface area contributed by atoms with E-state index in [1.54, 1.807) is 25.1 Å². The number of benzene rings is 1. The molecule has 9 nitrogen and oxygen atoms in total. The minimum Gasteiger partial charge on any atom is -0.481 e. The molecule has 1 aliphatic heterocycles. The van der Waals surface area contributed by atoms with Gasteiger partial charge in [-0.1, -0.05) is 36.0 Å². The first-order valence-electron chi connectivity index (χ1n) is 10.6. The van der Waals surface area contributed by atoms with E-state index in [4.69, 9.17) is 34.0 Å². The summed E-state index contributed by atoms with van der Waals surface area (Å²) in [5.74, 6) is -1.55. The number of hydrogen-bond acceptors (Lipinski definition) is 6. The van der Waals surface area contributed by atoms with Crippen molar-refractivity contribution in [1.82, 2.24) is 10.2 Å². The quantitative estimate of drug-likeness (QED) is 0.207. The average molecular weight is 489 g/mol. The number of nitrogens with two attached hydrogens (primary N) is 1. The van der Waals surface area contributed by atoms with E-state index in [0.29, 0.717) is 60.9 Å². The number of carboxylic acid groups (broad SMARTS) is 1. The van der Waals surface area contributed by atoms with Crippen molar-refractivity contribution >= 4 is 48.0 Å². The minimum absolute atomic E-state index is 0.108. The van der Waals surface area contributed by atoms with Crippen LogP contribution in [0.3, 0.4) is 0 Å². The topological polar surface area (TPSA) is 148 Å². The second-order valence-corrected chi connectivity index (χ2v) is 9.34. The van der Waals surface area contributed by atoms with Gasteiger partial charge in [-0.3, -0.25) is 9.69 Å². The Morgan fingerprint density at radius 2 is 2.00 bits per heavy atom. The van der Waals surface area contributed by atoms with Crippen molar-refractivity contribution < 1.29 is 24.7 Å². The number of carbonyl (C=O) groups excluding carboxylic acids is 1. The van der Waals surface area contributed by atoms with E-state index in [1.807, 2.05) is 4.90 Å². The largest absolute Gasteiger partial charge is 0.481 e. The third-order valence-corrected chi connectivity index (χ3v) is 6.43. The van der Waals surface area contributed by atoms with E-state index in [0.717, 1.165) is 0 Å². The highest BCUT2D eigenvalue weighted by Gasteiger charge is 2.44. The zero-order chi connectivity index (χ0) is 23.9. The predicted molar refractivity (Wildman–Crippen MR) is 126 cm³/mol. The lowest BCUT2D eigenvalue weighted by Gasteiger charge is -2.40. The second-order valence-electron chi connectivity index (χ2n) is 8.53.